The van der Waals surface area contributed by atoms with Gasteiger partial charge in [-0.15, -0.1) is 0 Å². The summed E-state index contributed by atoms with van der Waals surface area (Å²) in [6, 6.07) is 5.31. The van der Waals surface area contributed by atoms with Gasteiger partial charge in [-0.1, -0.05) is 19.4 Å². The van der Waals surface area contributed by atoms with Gasteiger partial charge in [-0.3, -0.25) is 19.4 Å². The number of carbonyl (C=O) groups excluding carboxylic acids is 3. The van der Waals surface area contributed by atoms with Crippen LogP contribution < -0.4 is 4.90 Å². The number of urea groups is 1. The molecule has 2 fully saturated rings. The van der Waals surface area contributed by atoms with E-state index in [-0.39, 0.29) is 6.67 Å². The van der Waals surface area contributed by atoms with Crippen LogP contribution in [0.2, 0.25) is 0 Å². The van der Waals surface area contributed by atoms with E-state index in [1.165, 1.54) is 0 Å². The van der Waals surface area contributed by atoms with Crippen molar-refractivity contribution in [1.29, 1.82) is 0 Å². The fraction of sp³-hybridized carbons (Fsp3) is 0.529. The minimum absolute atomic E-state index is 0.169. The van der Waals surface area contributed by atoms with E-state index in [9.17, 15) is 14.4 Å². The Labute approximate surface area is 147 Å². The standard InChI is InChI=1S/C17H23N5O3/c1-2-3-8-21-15(23)16(24)22(17(21)25)13-19-9-11-20(12-10-19)14-6-4-5-7-18-14/h4-7H,2-3,8-13H2,1H3. The van der Waals surface area contributed by atoms with E-state index in [1.807, 2.05) is 30.0 Å². The normalized spacial score (nSPS) is 19.2. The zero-order valence-corrected chi connectivity index (χ0v) is 14.4. The summed E-state index contributed by atoms with van der Waals surface area (Å²) in [7, 11) is 0. The quantitative estimate of drug-likeness (QED) is 0.559. The first-order chi connectivity index (χ1) is 12.1. The van der Waals surface area contributed by atoms with Gasteiger partial charge in [0.05, 0.1) is 6.67 Å². The zero-order chi connectivity index (χ0) is 17.8. The summed E-state index contributed by atoms with van der Waals surface area (Å²) in [4.78, 5) is 47.1. The lowest BCUT2D eigenvalue weighted by atomic mass is 10.3. The van der Waals surface area contributed by atoms with E-state index in [1.54, 1.807) is 6.20 Å². The van der Waals surface area contributed by atoms with Gasteiger partial charge in [0.15, 0.2) is 0 Å². The smallest absolute Gasteiger partial charge is 0.335 e. The second-order valence-electron chi connectivity index (χ2n) is 6.26. The highest BCUT2D eigenvalue weighted by Gasteiger charge is 2.44. The van der Waals surface area contributed by atoms with Crippen molar-refractivity contribution in [3.8, 4) is 0 Å². The van der Waals surface area contributed by atoms with Crippen LogP contribution in [0.1, 0.15) is 19.8 Å². The zero-order valence-electron chi connectivity index (χ0n) is 14.4. The second kappa shape index (κ2) is 7.60. The molecule has 0 radical (unpaired) electrons. The van der Waals surface area contributed by atoms with Gasteiger partial charge in [-0.05, 0) is 18.6 Å². The number of piperazine rings is 1. The van der Waals surface area contributed by atoms with Crippen LogP contribution >= 0.6 is 0 Å². The monoisotopic (exact) mass is 345 g/mol. The summed E-state index contributed by atoms with van der Waals surface area (Å²) >= 11 is 0. The Morgan fingerprint density at radius 1 is 1.00 bits per heavy atom. The maximum absolute atomic E-state index is 12.4. The Morgan fingerprint density at radius 2 is 1.72 bits per heavy atom. The Bertz CT molecular complexity index is 643. The van der Waals surface area contributed by atoms with E-state index < -0.39 is 17.8 Å². The predicted octanol–water partition coefficient (Wildman–Crippen LogP) is 0.752. The van der Waals surface area contributed by atoms with Gasteiger partial charge in [0.2, 0.25) is 0 Å². The highest BCUT2D eigenvalue weighted by molar-refractivity contribution is 6.44. The molecule has 4 amide bonds. The number of amides is 4. The first-order valence-corrected chi connectivity index (χ1v) is 8.67. The molecule has 2 aliphatic rings. The first-order valence-electron chi connectivity index (χ1n) is 8.67. The summed E-state index contributed by atoms with van der Waals surface area (Å²) in [5.74, 6) is -0.491. The van der Waals surface area contributed by atoms with Crippen LogP contribution in [0.25, 0.3) is 0 Å². The molecule has 8 nitrogen and oxygen atoms in total. The number of imide groups is 2. The molecule has 134 valence electrons. The average Bonchev–Trinajstić information content (AvgIpc) is 2.85. The molecule has 25 heavy (non-hydrogen) atoms. The summed E-state index contributed by atoms with van der Waals surface area (Å²) < 4.78 is 0. The van der Waals surface area contributed by atoms with Gasteiger partial charge in [0.1, 0.15) is 5.82 Å². The van der Waals surface area contributed by atoms with Crippen LogP contribution in [0.15, 0.2) is 24.4 Å². The van der Waals surface area contributed by atoms with E-state index in [0.717, 1.165) is 35.1 Å². The molecule has 2 aliphatic heterocycles. The van der Waals surface area contributed by atoms with Crippen LogP contribution in [0.5, 0.6) is 0 Å². The van der Waals surface area contributed by atoms with Crippen LogP contribution in [0.4, 0.5) is 10.6 Å². The Kier molecular flexibility index (Phi) is 5.28. The van der Waals surface area contributed by atoms with Gasteiger partial charge in [-0.2, -0.15) is 0 Å². The second-order valence-corrected chi connectivity index (χ2v) is 6.26. The van der Waals surface area contributed by atoms with Crippen molar-refractivity contribution < 1.29 is 14.4 Å². The number of hydrogen-bond donors (Lipinski definition) is 0. The lowest BCUT2D eigenvalue weighted by Crippen LogP contribution is -2.51. The van der Waals surface area contributed by atoms with E-state index >= 15 is 0 Å². The van der Waals surface area contributed by atoms with Gasteiger partial charge in [-0.25, -0.2) is 14.7 Å². The van der Waals surface area contributed by atoms with Crippen molar-refractivity contribution in [2.45, 2.75) is 19.8 Å². The van der Waals surface area contributed by atoms with Crippen LogP contribution in [-0.4, -0.2) is 76.9 Å². The fourth-order valence-corrected chi connectivity index (χ4v) is 3.05. The molecular weight excluding hydrogens is 322 g/mol. The molecule has 0 bridgehead atoms. The van der Waals surface area contributed by atoms with Crippen LogP contribution in [0.3, 0.4) is 0 Å². The topological polar surface area (TPSA) is 77.1 Å². The minimum atomic E-state index is -0.715. The Hall–Kier alpha value is -2.48. The van der Waals surface area contributed by atoms with Crippen molar-refractivity contribution in [2.24, 2.45) is 0 Å². The van der Waals surface area contributed by atoms with E-state index in [0.29, 0.717) is 26.1 Å². The van der Waals surface area contributed by atoms with Gasteiger partial charge in [0, 0.05) is 38.9 Å². The number of rotatable bonds is 6. The molecule has 0 aromatic carbocycles. The lowest BCUT2D eigenvalue weighted by molar-refractivity contribution is -0.144. The van der Waals surface area contributed by atoms with Gasteiger partial charge in [0.25, 0.3) is 0 Å². The summed E-state index contributed by atoms with van der Waals surface area (Å²) in [5.41, 5.74) is 0. The Balaban J connectivity index is 1.56. The molecule has 3 rings (SSSR count). The maximum atomic E-state index is 12.4. The molecule has 0 aliphatic carbocycles. The molecular formula is C17H23N5O3. The van der Waals surface area contributed by atoms with E-state index in [4.69, 9.17) is 0 Å². The third-order valence-electron chi connectivity index (χ3n) is 4.56. The number of nitrogens with zero attached hydrogens (tertiary/aromatic N) is 5. The first kappa shape index (κ1) is 17.3. The minimum Gasteiger partial charge on any atom is -0.354 e. The molecule has 0 atom stereocenters. The molecule has 2 saturated heterocycles. The van der Waals surface area contributed by atoms with Crippen LogP contribution in [0, 0.1) is 0 Å². The number of unbranched alkanes of at least 4 members (excludes halogenated alkanes) is 1. The summed E-state index contributed by atoms with van der Waals surface area (Å²) in [6.45, 7) is 5.40. The van der Waals surface area contributed by atoms with Crippen molar-refractivity contribution in [3.63, 3.8) is 0 Å². The number of pyridine rings is 1. The molecule has 1 aromatic rings. The van der Waals surface area contributed by atoms with Crippen molar-refractivity contribution in [3.05, 3.63) is 24.4 Å². The number of hydrogen-bond acceptors (Lipinski definition) is 6. The van der Waals surface area contributed by atoms with Gasteiger partial charge >= 0.3 is 17.8 Å². The highest BCUT2D eigenvalue weighted by Crippen LogP contribution is 2.16. The predicted molar refractivity (Wildman–Crippen MR) is 91.8 cm³/mol. The van der Waals surface area contributed by atoms with E-state index in [2.05, 4.69) is 9.88 Å². The number of aromatic nitrogens is 1. The highest BCUT2D eigenvalue weighted by atomic mass is 16.2. The fourth-order valence-electron chi connectivity index (χ4n) is 3.05. The van der Waals surface area contributed by atoms with Gasteiger partial charge < -0.3 is 4.90 Å². The molecule has 3 heterocycles. The molecule has 1 aromatic heterocycles. The average molecular weight is 345 g/mol. The number of anilines is 1. The molecule has 0 saturated carbocycles. The van der Waals surface area contributed by atoms with Crippen molar-refractivity contribution >= 4 is 23.7 Å². The largest absolute Gasteiger partial charge is 0.354 e. The van der Waals surface area contributed by atoms with Crippen LogP contribution in [-0.2, 0) is 9.59 Å². The lowest BCUT2D eigenvalue weighted by Gasteiger charge is -2.36. The van der Waals surface area contributed by atoms with Crippen molar-refractivity contribution in [1.82, 2.24) is 19.7 Å². The maximum Gasteiger partial charge on any atom is 0.335 e. The molecule has 8 heteroatoms. The molecule has 0 unspecified atom stereocenters. The van der Waals surface area contributed by atoms with Crippen molar-refractivity contribution in [2.75, 3.05) is 44.3 Å². The molecule has 0 spiro atoms. The molecule has 0 N–H and O–H groups in total. The number of carbonyl (C=O) groups is 3. The summed E-state index contributed by atoms with van der Waals surface area (Å²) in [6.07, 6.45) is 3.34. The summed E-state index contributed by atoms with van der Waals surface area (Å²) in [5, 5.41) is 0. The Morgan fingerprint density at radius 3 is 2.36 bits per heavy atom. The third-order valence-corrected chi connectivity index (χ3v) is 4.56. The SMILES string of the molecule is CCCCN1C(=O)C(=O)N(CN2CCN(c3ccccn3)CC2)C1=O. The third kappa shape index (κ3) is 3.63.